The van der Waals surface area contributed by atoms with Gasteiger partial charge in [-0.15, -0.1) is 0 Å². The maximum Gasteiger partial charge on any atom is 0.224 e. The molecule has 1 aliphatic heterocycles. The second kappa shape index (κ2) is 4.90. The van der Waals surface area contributed by atoms with Gasteiger partial charge in [-0.1, -0.05) is 0 Å². The minimum atomic E-state index is -0.570. The summed E-state index contributed by atoms with van der Waals surface area (Å²) in [5.41, 5.74) is 6.29. The van der Waals surface area contributed by atoms with Crippen LogP contribution in [0.15, 0.2) is 18.2 Å². The van der Waals surface area contributed by atoms with Crippen LogP contribution in [0.3, 0.4) is 0 Å². The van der Waals surface area contributed by atoms with Crippen molar-refractivity contribution in [2.75, 3.05) is 11.4 Å². The molecule has 0 bridgehead atoms. The highest BCUT2D eigenvalue weighted by atomic mass is 16.5. The highest BCUT2D eigenvalue weighted by Gasteiger charge is 2.34. The fourth-order valence-corrected chi connectivity index (χ4v) is 2.31. The molecule has 2 rings (SSSR count). The van der Waals surface area contributed by atoms with Crippen LogP contribution in [-0.4, -0.2) is 29.9 Å². The molecular weight excluding hydrogens is 256 g/mol. The third-order valence-corrected chi connectivity index (χ3v) is 3.25. The molecule has 20 heavy (non-hydrogen) atoms. The molecule has 1 aliphatic rings. The van der Waals surface area contributed by atoms with Gasteiger partial charge >= 0.3 is 0 Å². The van der Waals surface area contributed by atoms with Crippen LogP contribution in [-0.2, 0) is 4.79 Å². The van der Waals surface area contributed by atoms with Gasteiger partial charge in [-0.05, 0) is 39.0 Å². The molecule has 1 unspecified atom stereocenters. The van der Waals surface area contributed by atoms with Gasteiger partial charge in [-0.25, -0.2) is 0 Å². The van der Waals surface area contributed by atoms with Crippen molar-refractivity contribution in [3.8, 4) is 5.75 Å². The first-order valence-electron chi connectivity index (χ1n) is 6.62. The molecule has 1 aromatic carbocycles. The number of fused-ring (bicyclic) bond motifs is 1. The number of rotatable bonds is 2. The highest BCUT2D eigenvalue weighted by molar-refractivity contribution is 6.02. The lowest BCUT2D eigenvalue weighted by Crippen LogP contribution is -2.48. The van der Waals surface area contributed by atoms with Crippen LogP contribution in [0.2, 0.25) is 0 Å². The monoisotopic (exact) mass is 276 g/mol. The van der Waals surface area contributed by atoms with Crippen LogP contribution >= 0.6 is 0 Å². The predicted octanol–water partition coefficient (Wildman–Crippen LogP) is 1.74. The van der Waals surface area contributed by atoms with Gasteiger partial charge in [0.2, 0.25) is 5.91 Å². The average Bonchev–Trinajstić information content (AvgIpc) is 2.35. The number of ether oxygens (including phenoxy) is 1. The zero-order valence-electron chi connectivity index (χ0n) is 12.3. The molecule has 5 nitrogen and oxygen atoms in total. The number of nitrogens with two attached hydrogens (primary N) is 1. The number of amides is 1. The quantitative estimate of drug-likeness (QED) is 0.835. The number of carbonyl (C=O) groups is 2. The Hall–Kier alpha value is -1.88. The van der Waals surface area contributed by atoms with E-state index < -0.39 is 11.6 Å². The van der Waals surface area contributed by atoms with Gasteiger partial charge in [0.1, 0.15) is 11.4 Å². The molecule has 0 aliphatic carbocycles. The van der Waals surface area contributed by atoms with E-state index in [9.17, 15) is 9.59 Å². The number of carbonyl (C=O) groups excluding carboxylic acids is 2. The Morgan fingerprint density at radius 2 is 2.05 bits per heavy atom. The molecule has 0 saturated carbocycles. The summed E-state index contributed by atoms with van der Waals surface area (Å²) in [5.74, 6) is 0.381. The van der Waals surface area contributed by atoms with E-state index in [0.29, 0.717) is 23.5 Å². The van der Waals surface area contributed by atoms with E-state index in [0.717, 1.165) is 0 Å². The number of Topliss-reactive ketones (excluding diaryl/α,β-unsaturated/α-hetero) is 1. The maximum atomic E-state index is 12.0. The highest BCUT2D eigenvalue weighted by Crippen LogP contribution is 2.37. The first kappa shape index (κ1) is 14.5. The van der Waals surface area contributed by atoms with Crippen molar-refractivity contribution in [2.45, 2.75) is 39.3 Å². The Morgan fingerprint density at radius 1 is 1.40 bits per heavy atom. The Balaban J connectivity index is 2.49. The lowest BCUT2D eigenvalue weighted by molar-refractivity contribution is -0.117. The van der Waals surface area contributed by atoms with Crippen molar-refractivity contribution in [3.05, 3.63) is 23.8 Å². The smallest absolute Gasteiger partial charge is 0.224 e. The Morgan fingerprint density at radius 3 is 2.60 bits per heavy atom. The van der Waals surface area contributed by atoms with Crippen LogP contribution < -0.4 is 15.4 Å². The molecule has 108 valence electrons. The first-order valence-corrected chi connectivity index (χ1v) is 6.62. The molecule has 1 atom stereocenters. The standard InChI is InChI=1S/C15H20N2O3/c1-9(16)14(19)11-5-6-13-12(7-11)17(10(2)18)8-15(3,4)20-13/h5-7,9H,8,16H2,1-4H3. The second-order valence-electron chi connectivity index (χ2n) is 5.80. The van der Waals surface area contributed by atoms with Crippen LogP contribution in [0.4, 0.5) is 5.69 Å². The summed E-state index contributed by atoms with van der Waals surface area (Å²) in [7, 11) is 0. The SMILES string of the molecule is CC(=O)N1CC(C)(C)Oc2ccc(C(=O)C(C)N)cc21. The maximum absolute atomic E-state index is 12.0. The fourth-order valence-electron chi connectivity index (χ4n) is 2.31. The summed E-state index contributed by atoms with van der Waals surface area (Å²) in [5, 5.41) is 0. The van der Waals surface area contributed by atoms with Crippen molar-refractivity contribution in [3.63, 3.8) is 0 Å². The number of hydrogen-bond acceptors (Lipinski definition) is 4. The molecule has 0 fully saturated rings. The van der Waals surface area contributed by atoms with E-state index in [1.165, 1.54) is 6.92 Å². The molecule has 0 radical (unpaired) electrons. The summed E-state index contributed by atoms with van der Waals surface area (Å²) in [6, 6.07) is 4.52. The Kier molecular flexibility index (Phi) is 3.56. The van der Waals surface area contributed by atoms with Crippen LogP contribution in [0.25, 0.3) is 0 Å². The van der Waals surface area contributed by atoms with Crippen molar-refractivity contribution in [1.29, 1.82) is 0 Å². The van der Waals surface area contributed by atoms with Crippen molar-refractivity contribution < 1.29 is 14.3 Å². The zero-order valence-corrected chi connectivity index (χ0v) is 12.3. The summed E-state index contributed by atoms with van der Waals surface area (Å²) in [6.07, 6.45) is 0. The summed E-state index contributed by atoms with van der Waals surface area (Å²) >= 11 is 0. The van der Waals surface area contributed by atoms with Crippen molar-refractivity contribution >= 4 is 17.4 Å². The summed E-state index contributed by atoms with van der Waals surface area (Å²) < 4.78 is 5.86. The van der Waals surface area contributed by atoms with Gasteiger partial charge in [-0.3, -0.25) is 9.59 Å². The van der Waals surface area contributed by atoms with Gasteiger partial charge in [0, 0.05) is 12.5 Å². The zero-order chi connectivity index (χ0) is 15.1. The minimum absolute atomic E-state index is 0.0759. The van der Waals surface area contributed by atoms with E-state index >= 15 is 0 Å². The van der Waals surface area contributed by atoms with Gasteiger partial charge in [-0.2, -0.15) is 0 Å². The molecule has 0 aromatic heterocycles. The lowest BCUT2D eigenvalue weighted by Gasteiger charge is -2.39. The molecule has 5 heteroatoms. The molecule has 2 N–H and O–H groups in total. The number of ketones is 1. The van der Waals surface area contributed by atoms with E-state index in [-0.39, 0.29) is 11.7 Å². The fraction of sp³-hybridized carbons (Fsp3) is 0.467. The van der Waals surface area contributed by atoms with Gasteiger partial charge < -0.3 is 15.4 Å². The van der Waals surface area contributed by atoms with Crippen molar-refractivity contribution in [2.24, 2.45) is 5.73 Å². The van der Waals surface area contributed by atoms with E-state index in [1.807, 2.05) is 13.8 Å². The predicted molar refractivity (Wildman–Crippen MR) is 77.2 cm³/mol. The summed E-state index contributed by atoms with van der Waals surface area (Å²) in [6.45, 7) is 7.44. The summed E-state index contributed by atoms with van der Waals surface area (Å²) in [4.78, 5) is 25.4. The Labute approximate surface area is 118 Å². The average molecular weight is 276 g/mol. The van der Waals surface area contributed by atoms with Crippen LogP contribution in [0, 0.1) is 0 Å². The van der Waals surface area contributed by atoms with Gasteiger partial charge in [0.15, 0.2) is 5.78 Å². The van der Waals surface area contributed by atoms with Crippen molar-refractivity contribution in [1.82, 2.24) is 0 Å². The number of anilines is 1. The van der Waals surface area contributed by atoms with E-state index in [2.05, 4.69) is 0 Å². The minimum Gasteiger partial charge on any atom is -0.484 e. The largest absolute Gasteiger partial charge is 0.484 e. The Bertz CT molecular complexity index is 564. The molecule has 1 amide bonds. The third-order valence-electron chi connectivity index (χ3n) is 3.25. The van der Waals surface area contributed by atoms with Gasteiger partial charge in [0.05, 0.1) is 18.3 Å². The normalized spacial score (nSPS) is 17.9. The molecule has 0 spiro atoms. The van der Waals surface area contributed by atoms with E-state index in [1.54, 1.807) is 30.0 Å². The molecule has 1 heterocycles. The number of benzene rings is 1. The molecular formula is C15H20N2O3. The second-order valence-corrected chi connectivity index (χ2v) is 5.80. The topological polar surface area (TPSA) is 72.6 Å². The molecule has 1 aromatic rings. The number of hydrogen-bond donors (Lipinski definition) is 1. The lowest BCUT2D eigenvalue weighted by atomic mass is 10.0. The third kappa shape index (κ3) is 2.67. The number of nitrogens with zero attached hydrogens (tertiary/aromatic N) is 1. The molecule has 0 saturated heterocycles. The van der Waals surface area contributed by atoms with Crippen LogP contribution in [0.1, 0.15) is 38.1 Å². The van der Waals surface area contributed by atoms with Gasteiger partial charge in [0.25, 0.3) is 0 Å². The first-order chi connectivity index (χ1) is 9.21. The van der Waals surface area contributed by atoms with Crippen LogP contribution in [0.5, 0.6) is 5.75 Å². The van der Waals surface area contributed by atoms with E-state index in [4.69, 9.17) is 10.5 Å².